The van der Waals surface area contributed by atoms with E-state index in [4.69, 9.17) is 10.5 Å². The third-order valence-electron chi connectivity index (χ3n) is 2.94. The van der Waals surface area contributed by atoms with E-state index in [-0.39, 0.29) is 5.54 Å². The summed E-state index contributed by atoms with van der Waals surface area (Å²) < 4.78 is 5.04. The quantitative estimate of drug-likeness (QED) is 0.783. The van der Waals surface area contributed by atoms with Crippen molar-refractivity contribution in [1.29, 1.82) is 0 Å². The van der Waals surface area contributed by atoms with Gasteiger partial charge in [-0.1, -0.05) is 0 Å². The Labute approximate surface area is 89.8 Å². The van der Waals surface area contributed by atoms with Gasteiger partial charge in [0.05, 0.1) is 7.11 Å². The highest BCUT2D eigenvalue weighted by Crippen LogP contribution is 2.29. The standard InChI is InChI=1S/C11H17N3O/c1-15-10-7-9(3-6-13-10)14-8-11(12)4-2-5-11/h3,6-7H,2,4-5,8,12H2,1H3,(H,13,14). The SMILES string of the molecule is COc1cc(NCC2(N)CCC2)ccn1. The van der Waals surface area contributed by atoms with Crippen LogP contribution in [0.1, 0.15) is 19.3 Å². The van der Waals surface area contributed by atoms with Crippen LogP contribution >= 0.6 is 0 Å². The van der Waals surface area contributed by atoms with Gasteiger partial charge in [-0.3, -0.25) is 0 Å². The Bertz CT molecular complexity index is 336. The van der Waals surface area contributed by atoms with Crippen molar-refractivity contribution in [2.45, 2.75) is 24.8 Å². The van der Waals surface area contributed by atoms with Crippen LogP contribution in [-0.4, -0.2) is 24.2 Å². The molecule has 2 rings (SSSR count). The summed E-state index contributed by atoms with van der Waals surface area (Å²) in [6.45, 7) is 0.820. The molecule has 0 atom stereocenters. The van der Waals surface area contributed by atoms with Gasteiger partial charge in [-0.2, -0.15) is 0 Å². The predicted molar refractivity (Wildman–Crippen MR) is 60.0 cm³/mol. The van der Waals surface area contributed by atoms with Gasteiger partial charge in [0.25, 0.3) is 0 Å². The highest BCUT2D eigenvalue weighted by atomic mass is 16.5. The van der Waals surface area contributed by atoms with Gasteiger partial charge < -0.3 is 15.8 Å². The Morgan fingerprint density at radius 3 is 3.00 bits per heavy atom. The molecule has 1 aromatic rings. The number of anilines is 1. The van der Waals surface area contributed by atoms with Gasteiger partial charge in [0.1, 0.15) is 0 Å². The summed E-state index contributed by atoms with van der Waals surface area (Å²) in [6.07, 6.45) is 5.20. The fourth-order valence-corrected chi connectivity index (χ4v) is 1.72. The molecule has 0 saturated heterocycles. The van der Waals surface area contributed by atoms with Gasteiger partial charge in [0, 0.05) is 30.0 Å². The Kier molecular flexibility index (Phi) is 2.77. The molecule has 0 bridgehead atoms. The molecule has 0 amide bonds. The number of nitrogens with two attached hydrogens (primary N) is 1. The zero-order chi connectivity index (χ0) is 10.7. The third-order valence-corrected chi connectivity index (χ3v) is 2.94. The summed E-state index contributed by atoms with van der Waals surface area (Å²) in [5.41, 5.74) is 7.12. The molecule has 4 heteroatoms. The number of rotatable bonds is 4. The van der Waals surface area contributed by atoms with E-state index in [9.17, 15) is 0 Å². The second-order valence-electron chi connectivity index (χ2n) is 4.16. The highest BCUT2D eigenvalue weighted by molar-refractivity contribution is 5.45. The third kappa shape index (κ3) is 2.39. The van der Waals surface area contributed by atoms with Crippen molar-refractivity contribution in [2.75, 3.05) is 19.0 Å². The number of hydrogen-bond acceptors (Lipinski definition) is 4. The molecule has 1 aliphatic carbocycles. The van der Waals surface area contributed by atoms with Crippen molar-refractivity contribution in [3.05, 3.63) is 18.3 Å². The molecular weight excluding hydrogens is 190 g/mol. The van der Waals surface area contributed by atoms with Crippen LogP contribution in [-0.2, 0) is 0 Å². The minimum atomic E-state index is -0.00347. The van der Waals surface area contributed by atoms with Crippen LogP contribution in [0.5, 0.6) is 5.88 Å². The molecular formula is C11H17N3O. The van der Waals surface area contributed by atoms with E-state index in [1.54, 1.807) is 13.3 Å². The average Bonchev–Trinajstić information content (AvgIpc) is 2.24. The first-order chi connectivity index (χ1) is 7.22. The molecule has 15 heavy (non-hydrogen) atoms. The fraction of sp³-hybridized carbons (Fsp3) is 0.545. The minimum Gasteiger partial charge on any atom is -0.481 e. The molecule has 4 nitrogen and oxygen atoms in total. The first kappa shape index (κ1) is 10.2. The highest BCUT2D eigenvalue weighted by Gasteiger charge is 2.31. The summed E-state index contributed by atoms with van der Waals surface area (Å²) in [6, 6.07) is 3.80. The van der Waals surface area contributed by atoms with Gasteiger partial charge >= 0.3 is 0 Å². The Balaban J connectivity index is 1.92. The number of ether oxygens (including phenoxy) is 1. The summed E-state index contributed by atoms with van der Waals surface area (Å²) >= 11 is 0. The molecule has 0 unspecified atom stereocenters. The Hall–Kier alpha value is -1.29. The van der Waals surface area contributed by atoms with Gasteiger partial charge in [-0.05, 0) is 25.3 Å². The molecule has 0 spiro atoms. The minimum absolute atomic E-state index is 0.00347. The molecule has 1 aliphatic rings. The monoisotopic (exact) mass is 207 g/mol. The van der Waals surface area contributed by atoms with Crippen LogP contribution < -0.4 is 15.8 Å². The predicted octanol–water partition coefficient (Wildman–Crippen LogP) is 1.38. The lowest BCUT2D eigenvalue weighted by Crippen LogP contribution is -2.51. The number of nitrogens with zero attached hydrogens (tertiary/aromatic N) is 1. The summed E-state index contributed by atoms with van der Waals surface area (Å²) in [7, 11) is 1.61. The van der Waals surface area contributed by atoms with Gasteiger partial charge in [0.15, 0.2) is 0 Å². The van der Waals surface area contributed by atoms with E-state index in [0.717, 1.165) is 25.1 Å². The topological polar surface area (TPSA) is 60.2 Å². The number of nitrogens with one attached hydrogen (secondary N) is 1. The van der Waals surface area contributed by atoms with Crippen molar-refractivity contribution in [1.82, 2.24) is 4.98 Å². The smallest absolute Gasteiger partial charge is 0.214 e. The fourth-order valence-electron chi connectivity index (χ4n) is 1.72. The van der Waals surface area contributed by atoms with E-state index in [0.29, 0.717) is 5.88 Å². The van der Waals surface area contributed by atoms with Crippen LogP contribution in [0.4, 0.5) is 5.69 Å². The number of hydrogen-bond donors (Lipinski definition) is 2. The molecule has 1 fully saturated rings. The summed E-state index contributed by atoms with van der Waals surface area (Å²) in [5, 5.41) is 3.32. The molecule has 82 valence electrons. The van der Waals surface area contributed by atoms with E-state index >= 15 is 0 Å². The number of pyridine rings is 1. The van der Waals surface area contributed by atoms with Crippen LogP contribution in [0.3, 0.4) is 0 Å². The second kappa shape index (κ2) is 4.06. The largest absolute Gasteiger partial charge is 0.481 e. The van der Waals surface area contributed by atoms with Crippen LogP contribution in [0.25, 0.3) is 0 Å². The summed E-state index contributed by atoms with van der Waals surface area (Å²) in [4.78, 5) is 4.04. The van der Waals surface area contributed by atoms with E-state index in [2.05, 4.69) is 10.3 Å². The van der Waals surface area contributed by atoms with E-state index in [1.807, 2.05) is 12.1 Å². The van der Waals surface area contributed by atoms with Gasteiger partial charge in [-0.25, -0.2) is 4.98 Å². The van der Waals surface area contributed by atoms with Crippen LogP contribution in [0.15, 0.2) is 18.3 Å². The lowest BCUT2D eigenvalue weighted by molar-refractivity contribution is 0.265. The maximum absolute atomic E-state index is 6.11. The molecule has 0 aromatic carbocycles. The van der Waals surface area contributed by atoms with E-state index in [1.165, 1.54) is 6.42 Å². The molecule has 1 heterocycles. The maximum atomic E-state index is 6.11. The van der Waals surface area contributed by atoms with Crippen molar-refractivity contribution < 1.29 is 4.74 Å². The maximum Gasteiger partial charge on any atom is 0.214 e. The van der Waals surface area contributed by atoms with E-state index < -0.39 is 0 Å². The van der Waals surface area contributed by atoms with Crippen molar-refractivity contribution >= 4 is 5.69 Å². The van der Waals surface area contributed by atoms with Gasteiger partial charge in [0.2, 0.25) is 5.88 Å². The second-order valence-corrected chi connectivity index (χ2v) is 4.16. The van der Waals surface area contributed by atoms with Gasteiger partial charge in [-0.15, -0.1) is 0 Å². The number of methoxy groups -OCH3 is 1. The molecule has 1 saturated carbocycles. The van der Waals surface area contributed by atoms with Crippen molar-refractivity contribution in [3.63, 3.8) is 0 Å². The van der Waals surface area contributed by atoms with Crippen LogP contribution in [0.2, 0.25) is 0 Å². The molecule has 1 aromatic heterocycles. The van der Waals surface area contributed by atoms with Crippen molar-refractivity contribution in [2.24, 2.45) is 5.73 Å². The summed E-state index contributed by atoms with van der Waals surface area (Å²) in [5.74, 6) is 0.625. The Morgan fingerprint density at radius 1 is 1.60 bits per heavy atom. The lowest BCUT2D eigenvalue weighted by atomic mass is 9.78. The molecule has 0 aliphatic heterocycles. The first-order valence-corrected chi connectivity index (χ1v) is 5.25. The first-order valence-electron chi connectivity index (χ1n) is 5.25. The lowest BCUT2D eigenvalue weighted by Gasteiger charge is -2.38. The van der Waals surface area contributed by atoms with Crippen molar-refractivity contribution in [3.8, 4) is 5.88 Å². The zero-order valence-electron chi connectivity index (χ0n) is 8.99. The van der Waals surface area contributed by atoms with Crippen LogP contribution in [0, 0.1) is 0 Å². The average molecular weight is 207 g/mol. The number of aromatic nitrogens is 1. The Morgan fingerprint density at radius 2 is 2.40 bits per heavy atom. The molecule has 3 N–H and O–H groups in total. The normalized spacial score (nSPS) is 18.0. The molecule has 0 radical (unpaired) electrons. The zero-order valence-corrected chi connectivity index (χ0v) is 8.99.